The molecule has 0 saturated carbocycles. The van der Waals surface area contributed by atoms with E-state index in [1.54, 1.807) is 22.4 Å². The van der Waals surface area contributed by atoms with Gasteiger partial charge in [0.1, 0.15) is 0 Å². The summed E-state index contributed by atoms with van der Waals surface area (Å²) in [5, 5.41) is 11.0. The molecular weight excluding hydrogens is 442 g/mol. The van der Waals surface area contributed by atoms with Crippen LogP contribution in [0, 0.1) is 13.8 Å². The molecule has 9 heteroatoms. The molecule has 0 bridgehead atoms. The fraction of sp³-hybridized carbons (Fsp3) is 0.304. The maximum Gasteiger partial charge on any atom is 0.257 e. The molecule has 0 aliphatic rings. The van der Waals surface area contributed by atoms with E-state index in [0.717, 1.165) is 22.1 Å². The van der Waals surface area contributed by atoms with Crippen molar-refractivity contribution in [1.29, 1.82) is 0 Å². The van der Waals surface area contributed by atoms with Gasteiger partial charge < -0.3 is 9.32 Å². The van der Waals surface area contributed by atoms with E-state index >= 15 is 0 Å². The zero-order valence-electron chi connectivity index (χ0n) is 18.3. The van der Waals surface area contributed by atoms with E-state index in [1.807, 2.05) is 35.2 Å². The summed E-state index contributed by atoms with van der Waals surface area (Å²) in [5.74, 6) is 1.23. The molecular formula is C23H25N5O2S2. The standard InChI is InChI=1S/C23H25N5O2S2/c1-4-10-27(14-20-25-26-22(30-20)19-6-5-12-31-19)21(29)15-32-23-24-9-11-28(23)18-8-7-16(2)17(3)13-18/h5-9,11-13H,4,10,14-15H2,1-3H3. The van der Waals surface area contributed by atoms with E-state index < -0.39 is 0 Å². The zero-order chi connectivity index (χ0) is 22.5. The van der Waals surface area contributed by atoms with E-state index in [2.05, 4.69) is 47.2 Å². The number of thioether (sulfide) groups is 1. The van der Waals surface area contributed by atoms with Crippen LogP contribution in [0.1, 0.15) is 30.4 Å². The van der Waals surface area contributed by atoms with E-state index in [4.69, 9.17) is 4.42 Å². The van der Waals surface area contributed by atoms with Crippen LogP contribution in [0.2, 0.25) is 0 Å². The zero-order valence-corrected chi connectivity index (χ0v) is 19.9. The molecule has 32 heavy (non-hydrogen) atoms. The molecule has 0 radical (unpaired) electrons. The number of thiophene rings is 1. The Morgan fingerprint density at radius 1 is 1.22 bits per heavy atom. The van der Waals surface area contributed by atoms with Crippen molar-refractivity contribution in [3.05, 3.63) is 65.1 Å². The van der Waals surface area contributed by atoms with Crippen molar-refractivity contribution < 1.29 is 9.21 Å². The summed E-state index contributed by atoms with van der Waals surface area (Å²) in [6.45, 7) is 7.16. The minimum atomic E-state index is 0.0161. The van der Waals surface area contributed by atoms with Crippen molar-refractivity contribution in [1.82, 2.24) is 24.6 Å². The highest BCUT2D eigenvalue weighted by atomic mass is 32.2. The maximum absolute atomic E-state index is 13.0. The number of amides is 1. The highest BCUT2D eigenvalue weighted by Crippen LogP contribution is 2.25. The summed E-state index contributed by atoms with van der Waals surface area (Å²) in [6, 6.07) is 10.2. The second-order valence-corrected chi connectivity index (χ2v) is 9.32. The molecule has 0 spiro atoms. The Kier molecular flexibility index (Phi) is 7.06. The predicted molar refractivity (Wildman–Crippen MR) is 127 cm³/mol. The van der Waals surface area contributed by atoms with Crippen LogP contribution >= 0.6 is 23.1 Å². The monoisotopic (exact) mass is 467 g/mol. The number of aromatic nitrogens is 4. The molecule has 0 atom stereocenters. The van der Waals surface area contributed by atoms with Gasteiger partial charge in [0.2, 0.25) is 11.8 Å². The topological polar surface area (TPSA) is 77.1 Å². The van der Waals surface area contributed by atoms with E-state index in [-0.39, 0.29) is 11.7 Å². The van der Waals surface area contributed by atoms with Crippen molar-refractivity contribution >= 4 is 29.0 Å². The van der Waals surface area contributed by atoms with Gasteiger partial charge in [-0.1, -0.05) is 30.8 Å². The molecule has 1 aromatic carbocycles. The Morgan fingerprint density at radius 3 is 2.84 bits per heavy atom. The van der Waals surface area contributed by atoms with Crippen molar-refractivity contribution in [2.24, 2.45) is 0 Å². The lowest BCUT2D eigenvalue weighted by Crippen LogP contribution is -2.32. The molecule has 166 valence electrons. The minimum Gasteiger partial charge on any atom is -0.418 e. The molecule has 0 saturated heterocycles. The van der Waals surface area contributed by atoms with Gasteiger partial charge >= 0.3 is 0 Å². The van der Waals surface area contributed by atoms with Gasteiger partial charge in [0.15, 0.2) is 5.16 Å². The molecule has 0 aliphatic heterocycles. The summed E-state index contributed by atoms with van der Waals surface area (Å²) in [5.41, 5.74) is 3.51. The lowest BCUT2D eigenvalue weighted by atomic mass is 10.1. The summed E-state index contributed by atoms with van der Waals surface area (Å²) in [6.07, 6.45) is 4.53. The average molecular weight is 468 g/mol. The van der Waals surface area contributed by atoms with E-state index in [0.29, 0.717) is 24.9 Å². The molecule has 1 amide bonds. The summed E-state index contributed by atoms with van der Waals surface area (Å²) in [4.78, 5) is 20.1. The second kappa shape index (κ2) is 10.1. The molecule has 4 aromatic rings. The van der Waals surface area contributed by atoms with Crippen LogP contribution in [0.5, 0.6) is 0 Å². The first kappa shape index (κ1) is 22.3. The van der Waals surface area contributed by atoms with E-state index in [1.165, 1.54) is 22.9 Å². The third kappa shape index (κ3) is 5.11. The number of imidazole rings is 1. The first-order valence-electron chi connectivity index (χ1n) is 10.4. The van der Waals surface area contributed by atoms with Gasteiger partial charge in [0.05, 0.1) is 17.2 Å². The molecule has 3 aromatic heterocycles. The Labute approximate surface area is 195 Å². The molecule has 7 nitrogen and oxygen atoms in total. The summed E-state index contributed by atoms with van der Waals surface area (Å²) in [7, 11) is 0. The van der Waals surface area contributed by atoms with Gasteiger partial charge in [0, 0.05) is 24.6 Å². The van der Waals surface area contributed by atoms with Gasteiger partial charge in [-0.15, -0.1) is 21.5 Å². The lowest BCUT2D eigenvalue weighted by molar-refractivity contribution is -0.129. The van der Waals surface area contributed by atoms with Crippen LogP contribution in [0.25, 0.3) is 16.5 Å². The Bertz CT molecular complexity index is 1180. The fourth-order valence-electron chi connectivity index (χ4n) is 3.23. The van der Waals surface area contributed by atoms with Crippen LogP contribution in [0.4, 0.5) is 0 Å². The van der Waals surface area contributed by atoms with Gasteiger partial charge in [-0.25, -0.2) is 4.98 Å². The third-order valence-corrected chi connectivity index (χ3v) is 6.88. The molecule has 0 fully saturated rings. The van der Waals surface area contributed by atoms with Gasteiger partial charge in [-0.3, -0.25) is 9.36 Å². The Balaban J connectivity index is 1.42. The Morgan fingerprint density at radius 2 is 2.09 bits per heavy atom. The van der Waals surface area contributed by atoms with Crippen LogP contribution in [-0.4, -0.2) is 42.9 Å². The Hall–Kier alpha value is -2.91. The quantitative estimate of drug-likeness (QED) is 0.318. The van der Waals surface area contributed by atoms with Crippen LogP contribution in [-0.2, 0) is 11.3 Å². The predicted octanol–water partition coefficient (Wildman–Crippen LogP) is 5.13. The largest absolute Gasteiger partial charge is 0.418 e. The van der Waals surface area contributed by atoms with Gasteiger partial charge in [-0.2, -0.15) is 0 Å². The van der Waals surface area contributed by atoms with Crippen molar-refractivity contribution in [3.63, 3.8) is 0 Å². The molecule has 4 rings (SSSR count). The molecule has 0 unspecified atom stereocenters. The number of hydrogen-bond acceptors (Lipinski definition) is 7. The van der Waals surface area contributed by atoms with Gasteiger partial charge in [0.25, 0.3) is 5.89 Å². The highest BCUT2D eigenvalue weighted by molar-refractivity contribution is 7.99. The van der Waals surface area contributed by atoms with Gasteiger partial charge in [-0.05, 0) is 55.0 Å². The van der Waals surface area contributed by atoms with Crippen molar-refractivity contribution in [3.8, 4) is 16.5 Å². The summed E-state index contributed by atoms with van der Waals surface area (Å²) < 4.78 is 7.79. The summed E-state index contributed by atoms with van der Waals surface area (Å²) >= 11 is 2.97. The number of hydrogen-bond donors (Lipinski definition) is 0. The first-order valence-corrected chi connectivity index (χ1v) is 12.3. The minimum absolute atomic E-state index is 0.0161. The normalized spacial score (nSPS) is 11.1. The fourth-order valence-corrected chi connectivity index (χ4v) is 4.75. The average Bonchev–Trinajstić information content (AvgIpc) is 3.55. The van der Waals surface area contributed by atoms with Crippen LogP contribution in [0.3, 0.4) is 0 Å². The number of carbonyl (C=O) groups excluding carboxylic acids is 1. The number of benzene rings is 1. The first-order chi connectivity index (χ1) is 15.5. The van der Waals surface area contributed by atoms with Crippen LogP contribution in [0.15, 0.2) is 57.7 Å². The van der Waals surface area contributed by atoms with E-state index in [9.17, 15) is 4.79 Å². The highest BCUT2D eigenvalue weighted by Gasteiger charge is 2.19. The number of nitrogens with zero attached hydrogens (tertiary/aromatic N) is 5. The number of carbonyl (C=O) groups is 1. The SMILES string of the molecule is CCCN(Cc1nnc(-c2cccs2)o1)C(=O)CSc1nccn1-c1ccc(C)c(C)c1. The molecule has 0 N–H and O–H groups in total. The number of rotatable bonds is 9. The third-order valence-electron chi connectivity index (χ3n) is 5.07. The lowest BCUT2D eigenvalue weighted by Gasteiger charge is -2.20. The molecule has 3 heterocycles. The molecule has 0 aliphatic carbocycles. The number of aryl methyl sites for hydroxylation is 2. The second-order valence-electron chi connectivity index (χ2n) is 7.43. The smallest absolute Gasteiger partial charge is 0.257 e. The van der Waals surface area contributed by atoms with Crippen LogP contribution < -0.4 is 0 Å². The van der Waals surface area contributed by atoms with Crippen molar-refractivity contribution in [2.75, 3.05) is 12.3 Å². The maximum atomic E-state index is 13.0. The van der Waals surface area contributed by atoms with Crippen molar-refractivity contribution in [2.45, 2.75) is 38.9 Å².